The van der Waals surface area contributed by atoms with Gasteiger partial charge >= 0.3 is 5.97 Å². The van der Waals surface area contributed by atoms with Gasteiger partial charge in [0.15, 0.2) is 0 Å². The van der Waals surface area contributed by atoms with Crippen LogP contribution >= 0.6 is 0 Å². The van der Waals surface area contributed by atoms with E-state index in [2.05, 4.69) is 0 Å². The first-order valence-corrected chi connectivity index (χ1v) is 8.75. The second-order valence-electron chi connectivity index (χ2n) is 6.99. The molecule has 2 atom stereocenters. The third kappa shape index (κ3) is 3.08. The number of rotatable bonds is 3. The Kier molecular flexibility index (Phi) is 4.11. The molecule has 7 heteroatoms. The Morgan fingerprint density at radius 1 is 1.16 bits per heavy atom. The highest BCUT2D eigenvalue weighted by Crippen LogP contribution is 2.38. The van der Waals surface area contributed by atoms with E-state index in [1.165, 1.54) is 12.1 Å². The van der Waals surface area contributed by atoms with Crippen molar-refractivity contribution in [1.29, 1.82) is 0 Å². The molecule has 1 aromatic rings. The van der Waals surface area contributed by atoms with Gasteiger partial charge < -0.3 is 14.7 Å². The minimum absolute atomic E-state index is 0.0450. The highest BCUT2D eigenvalue weighted by molar-refractivity contribution is 5.84. The molecule has 1 saturated heterocycles. The minimum atomic E-state index is -0.845. The molecule has 0 spiro atoms. The Bertz CT molecular complexity index is 706. The number of fused-ring (bicyclic) bond motifs is 1. The van der Waals surface area contributed by atoms with E-state index >= 15 is 0 Å². The fourth-order valence-electron chi connectivity index (χ4n) is 3.96. The van der Waals surface area contributed by atoms with E-state index < -0.39 is 12.0 Å². The molecular formula is C18H21FN2O4. The lowest BCUT2D eigenvalue weighted by Gasteiger charge is -2.31. The second-order valence-corrected chi connectivity index (χ2v) is 6.99. The molecule has 0 bridgehead atoms. The summed E-state index contributed by atoms with van der Waals surface area (Å²) >= 11 is 0. The van der Waals surface area contributed by atoms with Crippen molar-refractivity contribution < 1.29 is 23.8 Å². The number of hydrogen-bond donors (Lipinski definition) is 1. The molecule has 25 heavy (non-hydrogen) atoms. The van der Waals surface area contributed by atoms with Crippen molar-refractivity contribution >= 4 is 11.9 Å². The number of carbonyl (C=O) groups is 2. The summed E-state index contributed by atoms with van der Waals surface area (Å²) in [7, 11) is 0. The maximum absolute atomic E-state index is 13.4. The van der Waals surface area contributed by atoms with Crippen molar-refractivity contribution in [1.82, 2.24) is 9.80 Å². The summed E-state index contributed by atoms with van der Waals surface area (Å²) in [6, 6.07) is 3.62. The molecule has 2 heterocycles. The number of benzene rings is 1. The molecule has 0 radical (unpaired) electrons. The van der Waals surface area contributed by atoms with E-state index in [1.54, 1.807) is 11.0 Å². The van der Waals surface area contributed by atoms with Gasteiger partial charge in [0, 0.05) is 24.2 Å². The van der Waals surface area contributed by atoms with Crippen LogP contribution in [-0.4, -0.2) is 58.1 Å². The number of ether oxygens (including phenoxy) is 1. The van der Waals surface area contributed by atoms with Gasteiger partial charge in [-0.15, -0.1) is 0 Å². The fraction of sp³-hybridized carbons (Fsp3) is 0.556. The van der Waals surface area contributed by atoms with Crippen molar-refractivity contribution in [3.63, 3.8) is 0 Å². The predicted octanol–water partition coefficient (Wildman–Crippen LogP) is 1.63. The van der Waals surface area contributed by atoms with Crippen molar-refractivity contribution in [2.75, 3.05) is 13.2 Å². The van der Waals surface area contributed by atoms with Crippen LogP contribution < -0.4 is 4.74 Å². The van der Waals surface area contributed by atoms with Gasteiger partial charge in [0.1, 0.15) is 24.2 Å². The molecule has 6 nitrogen and oxygen atoms in total. The van der Waals surface area contributed by atoms with Crippen LogP contribution in [0.3, 0.4) is 0 Å². The summed E-state index contributed by atoms with van der Waals surface area (Å²) in [6.45, 7) is 1.09. The number of halogens is 1. The number of amides is 1. The second kappa shape index (κ2) is 6.29. The van der Waals surface area contributed by atoms with Crippen molar-refractivity contribution in [3.8, 4) is 5.75 Å². The Morgan fingerprint density at radius 2 is 1.92 bits per heavy atom. The van der Waals surface area contributed by atoms with E-state index in [-0.39, 0.29) is 23.8 Å². The zero-order valence-electron chi connectivity index (χ0n) is 13.9. The molecule has 1 aliphatic carbocycles. The van der Waals surface area contributed by atoms with E-state index in [9.17, 15) is 19.1 Å². The smallest absolute Gasteiger partial charge is 0.320 e. The van der Waals surface area contributed by atoms with Gasteiger partial charge in [-0.05, 0) is 31.7 Å². The topological polar surface area (TPSA) is 70.1 Å². The highest BCUT2D eigenvalue weighted by Gasteiger charge is 2.49. The Balaban J connectivity index is 1.54. The van der Waals surface area contributed by atoms with Crippen LogP contribution in [-0.2, 0) is 16.1 Å². The van der Waals surface area contributed by atoms with Gasteiger partial charge in [0.05, 0.1) is 12.6 Å². The Hall–Kier alpha value is -2.15. The number of aliphatic carboxylic acids is 1. The first kappa shape index (κ1) is 16.3. The van der Waals surface area contributed by atoms with Gasteiger partial charge in [-0.3, -0.25) is 14.5 Å². The zero-order chi connectivity index (χ0) is 17.6. The summed E-state index contributed by atoms with van der Waals surface area (Å²) in [5.41, 5.74) is 0.776. The summed E-state index contributed by atoms with van der Waals surface area (Å²) in [4.78, 5) is 28.2. The molecule has 2 unspecified atom stereocenters. The quantitative estimate of drug-likeness (QED) is 0.899. The highest BCUT2D eigenvalue weighted by atomic mass is 19.1. The number of hydrogen-bond acceptors (Lipinski definition) is 4. The maximum atomic E-state index is 13.4. The number of carboxylic acid groups (broad SMARTS) is 1. The van der Waals surface area contributed by atoms with Crippen molar-refractivity contribution in [2.24, 2.45) is 0 Å². The summed E-state index contributed by atoms with van der Waals surface area (Å²) in [6.07, 6.45) is 2.99. The normalized spacial score (nSPS) is 26.7. The average Bonchev–Trinajstić information content (AvgIpc) is 3.36. The largest absolute Gasteiger partial charge is 0.491 e. The molecule has 1 amide bonds. The van der Waals surface area contributed by atoms with Gasteiger partial charge in [-0.2, -0.15) is 0 Å². The molecular weight excluding hydrogens is 327 g/mol. The average molecular weight is 348 g/mol. The first-order chi connectivity index (χ1) is 12.0. The van der Waals surface area contributed by atoms with Gasteiger partial charge in [-0.1, -0.05) is 6.07 Å². The van der Waals surface area contributed by atoms with Gasteiger partial charge in [0.25, 0.3) is 0 Å². The summed E-state index contributed by atoms with van der Waals surface area (Å²) in [5.74, 6) is -0.777. The molecule has 134 valence electrons. The lowest BCUT2D eigenvalue weighted by Crippen LogP contribution is -2.50. The summed E-state index contributed by atoms with van der Waals surface area (Å²) in [5, 5.41) is 9.45. The Morgan fingerprint density at radius 3 is 2.64 bits per heavy atom. The molecule has 1 aromatic carbocycles. The van der Waals surface area contributed by atoms with Crippen molar-refractivity contribution in [3.05, 3.63) is 29.6 Å². The SMILES string of the molecule is O=C(O)C1CCC(C(=O)N2CCOc3cc(F)ccc3C2)N1C1CC1. The van der Waals surface area contributed by atoms with E-state index in [1.807, 2.05) is 4.90 Å². The van der Waals surface area contributed by atoms with E-state index in [0.717, 1.165) is 18.4 Å². The monoisotopic (exact) mass is 348 g/mol. The van der Waals surface area contributed by atoms with Crippen LogP contribution in [0.15, 0.2) is 18.2 Å². The van der Waals surface area contributed by atoms with Crippen LogP contribution in [0.2, 0.25) is 0 Å². The lowest BCUT2D eigenvalue weighted by molar-refractivity contribution is -0.145. The molecule has 2 aliphatic heterocycles. The predicted molar refractivity (Wildman–Crippen MR) is 86.6 cm³/mol. The van der Waals surface area contributed by atoms with Crippen molar-refractivity contribution in [2.45, 2.75) is 50.4 Å². The summed E-state index contributed by atoms with van der Waals surface area (Å²) < 4.78 is 18.9. The van der Waals surface area contributed by atoms with Gasteiger partial charge in [-0.25, -0.2) is 4.39 Å². The third-order valence-corrected chi connectivity index (χ3v) is 5.29. The molecule has 1 saturated carbocycles. The van der Waals surface area contributed by atoms with Crippen LogP contribution in [0.25, 0.3) is 0 Å². The number of carboxylic acids is 1. The lowest BCUT2D eigenvalue weighted by atomic mass is 10.1. The number of nitrogens with zero attached hydrogens (tertiary/aromatic N) is 2. The maximum Gasteiger partial charge on any atom is 0.320 e. The fourth-order valence-corrected chi connectivity index (χ4v) is 3.96. The molecule has 3 aliphatic rings. The first-order valence-electron chi connectivity index (χ1n) is 8.75. The molecule has 2 fully saturated rings. The van der Waals surface area contributed by atoms with Crippen LogP contribution in [0.1, 0.15) is 31.2 Å². The third-order valence-electron chi connectivity index (χ3n) is 5.29. The van der Waals surface area contributed by atoms with E-state index in [0.29, 0.717) is 38.3 Å². The molecule has 0 aromatic heterocycles. The standard InChI is InChI=1S/C18H21FN2O4/c19-12-2-1-11-10-20(7-8-25-16(11)9-12)17(22)14-5-6-15(18(23)24)21(14)13-3-4-13/h1-2,9,13-15H,3-8,10H2,(H,23,24). The van der Waals surface area contributed by atoms with Crippen LogP contribution in [0, 0.1) is 5.82 Å². The number of carbonyl (C=O) groups excluding carboxylic acids is 1. The van der Waals surface area contributed by atoms with Crippen LogP contribution in [0.4, 0.5) is 4.39 Å². The van der Waals surface area contributed by atoms with E-state index in [4.69, 9.17) is 4.74 Å². The molecule has 1 N–H and O–H groups in total. The molecule has 4 rings (SSSR count). The Labute approximate surface area is 145 Å². The van der Waals surface area contributed by atoms with Gasteiger partial charge in [0.2, 0.25) is 5.91 Å². The van der Waals surface area contributed by atoms with Crippen LogP contribution in [0.5, 0.6) is 5.75 Å². The number of likely N-dealkylation sites (tertiary alicyclic amines) is 1. The minimum Gasteiger partial charge on any atom is -0.491 e. The zero-order valence-corrected chi connectivity index (χ0v) is 13.9.